The highest BCUT2D eigenvalue weighted by Crippen LogP contribution is 2.19. The second kappa shape index (κ2) is 9.99. The van der Waals surface area contributed by atoms with Gasteiger partial charge in [0, 0.05) is 36.6 Å². The van der Waals surface area contributed by atoms with E-state index in [4.69, 9.17) is 5.73 Å². The molecular weight excluding hydrogens is 376 g/mol. The van der Waals surface area contributed by atoms with E-state index in [0.717, 1.165) is 30.6 Å². The Labute approximate surface area is 171 Å². The molecule has 1 atom stereocenters. The van der Waals surface area contributed by atoms with E-state index in [-0.39, 0.29) is 30.3 Å². The molecule has 1 saturated heterocycles. The minimum Gasteiger partial charge on any atom is -0.399 e. The smallest absolute Gasteiger partial charge is 0.319 e. The molecule has 2 aromatic rings. The molecule has 1 heterocycles. The van der Waals surface area contributed by atoms with Gasteiger partial charge < -0.3 is 21.3 Å². The normalized spacial score (nSPS) is 16.0. The summed E-state index contributed by atoms with van der Waals surface area (Å²) in [7, 11) is 0. The predicted octanol–water partition coefficient (Wildman–Crippen LogP) is 3.67. The standard InChI is InChI=1S/C21H26N4O2.ClH/c1-15-7-9-19(10-8-15)24-21(27)23-13-16-4-3-11-25(14-16)20(26)17-5-2-6-18(22)12-17;/h2,5-10,12,16H,3-4,11,13-14,22H2,1H3,(H2,23,24,27);1H. The van der Waals surface area contributed by atoms with Crippen molar-refractivity contribution >= 4 is 35.7 Å². The first kappa shape index (κ1) is 21.6. The molecule has 0 aromatic heterocycles. The zero-order valence-corrected chi connectivity index (χ0v) is 16.8. The number of nitrogen functional groups attached to an aromatic ring is 1. The number of nitrogens with zero attached hydrogens (tertiary/aromatic N) is 1. The summed E-state index contributed by atoms with van der Waals surface area (Å²) < 4.78 is 0. The maximum Gasteiger partial charge on any atom is 0.319 e. The van der Waals surface area contributed by atoms with Gasteiger partial charge in [-0.05, 0) is 56.0 Å². The second-order valence-corrected chi connectivity index (χ2v) is 7.09. The fraction of sp³-hybridized carbons (Fsp3) is 0.333. The van der Waals surface area contributed by atoms with Crippen molar-refractivity contribution in [2.45, 2.75) is 19.8 Å². The molecular formula is C21H27ClN4O2. The maximum absolute atomic E-state index is 12.7. The summed E-state index contributed by atoms with van der Waals surface area (Å²) in [6.45, 7) is 3.92. The number of piperidine rings is 1. The number of nitrogens with two attached hydrogens (primary N) is 1. The number of rotatable bonds is 4. The van der Waals surface area contributed by atoms with Crippen molar-refractivity contribution in [3.05, 3.63) is 59.7 Å². The van der Waals surface area contributed by atoms with Gasteiger partial charge in [0.1, 0.15) is 0 Å². The molecule has 3 amide bonds. The number of urea groups is 1. The molecule has 0 spiro atoms. The summed E-state index contributed by atoms with van der Waals surface area (Å²) in [6.07, 6.45) is 1.92. The lowest BCUT2D eigenvalue weighted by molar-refractivity contribution is 0.0675. The maximum atomic E-state index is 12.7. The molecule has 6 nitrogen and oxygen atoms in total. The molecule has 2 aromatic carbocycles. The van der Waals surface area contributed by atoms with Gasteiger partial charge in [-0.1, -0.05) is 23.8 Å². The number of amides is 3. The van der Waals surface area contributed by atoms with Crippen LogP contribution in [0.4, 0.5) is 16.2 Å². The Morgan fingerprint density at radius 3 is 2.64 bits per heavy atom. The molecule has 3 rings (SSSR count). The zero-order valence-electron chi connectivity index (χ0n) is 16.0. The Morgan fingerprint density at radius 1 is 1.18 bits per heavy atom. The molecule has 150 valence electrons. The topological polar surface area (TPSA) is 87.5 Å². The van der Waals surface area contributed by atoms with Crippen LogP contribution in [0.15, 0.2) is 48.5 Å². The molecule has 1 aliphatic rings. The fourth-order valence-corrected chi connectivity index (χ4v) is 3.32. The summed E-state index contributed by atoms with van der Waals surface area (Å²) in [4.78, 5) is 26.6. The van der Waals surface area contributed by atoms with E-state index in [2.05, 4.69) is 10.6 Å². The number of anilines is 2. The number of benzene rings is 2. The van der Waals surface area contributed by atoms with Crippen molar-refractivity contribution in [3.8, 4) is 0 Å². The van der Waals surface area contributed by atoms with E-state index >= 15 is 0 Å². The van der Waals surface area contributed by atoms with E-state index in [9.17, 15) is 9.59 Å². The third kappa shape index (κ3) is 5.89. The van der Waals surface area contributed by atoms with E-state index in [0.29, 0.717) is 24.3 Å². The Hall–Kier alpha value is -2.73. The van der Waals surface area contributed by atoms with Crippen LogP contribution < -0.4 is 16.4 Å². The third-order valence-corrected chi connectivity index (χ3v) is 4.80. The number of hydrogen-bond donors (Lipinski definition) is 3. The van der Waals surface area contributed by atoms with Crippen LogP contribution in [0.2, 0.25) is 0 Å². The highest BCUT2D eigenvalue weighted by molar-refractivity contribution is 5.95. The van der Waals surface area contributed by atoms with Gasteiger partial charge >= 0.3 is 6.03 Å². The Bertz CT molecular complexity index is 810. The first-order valence-corrected chi connectivity index (χ1v) is 9.27. The Balaban J connectivity index is 0.00000280. The largest absolute Gasteiger partial charge is 0.399 e. The molecule has 0 saturated carbocycles. The molecule has 0 aliphatic carbocycles. The van der Waals surface area contributed by atoms with Crippen LogP contribution >= 0.6 is 12.4 Å². The van der Waals surface area contributed by atoms with Gasteiger partial charge in [-0.15, -0.1) is 12.4 Å². The second-order valence-electron chi connectivity index (χ2n) is 7.09. The van der Waals surface area contributed by atoms with Crippen LogP contribution in [0.3, 0.4) is 0 Å². The third-order valence-electron chi connectivity index (χ3n) is 4.80. The van der Waals surface area contributed by atoms with Crippen LogP contribution in [-0.4, -0.2) is 36.5 Å². The molecule has 7 heteroatoms. The van der Waals surface area contributed by atoms with Gasteiger partial charge in [-0.25, -0.2) is 4.79 Å². The van der Waals surface area contributed by atoms with E-state index in [1.165, 1.54) is 0 Å². The minimum absolute atomic E-state index is 0. The SMILES string of the molecule is Cc1ccc(NC(=O)NCC2CCCN(C(=O)c3cccc(N)c3)C2)cc1.Cl. The molecule has 28 heavy (non-hydrogen) atoms. The van der Waals surface area contributed by atoms with Gasteiger partial charge in [0.25, 0.3) is 5.91 Å². The molecule has 4 N–H and O–H groups in total. The van der Waals surface area contributed by atoms with Crippen molar-refractivity contribution in [1.29, 1.82) is 0 Å². The quantitative estimate of drug-likeness (QED) is 0.682. The van der Waals surface area contributed by atoms with Gasteiger partial charge in [0.2, 0.25) is 0 Å². The van der Waals surface area contributed by atoms with Crippen molar-refractivity contribution in [2.24, 2.45) is 5.92 Å². The molecule has 1 fully saturated rings. The number of carbonyl (C=O) groups is 2. The summed E-state index contributed by atoms with van der Waals surface area (Å²) in [6, 6.07) is 14.5. The van der Waals surface area contributed by atoms with Gasteiger partial charge in [0.05, 0.1) is 0 Å². The number of aryl methyl sites for hydroxylation is 1. The summed E-state index contributed by atoms with van der Waals surface area (Å²) in [5, 5.41) is 5.75. The Morgan fingerprint density at radius 2 is 1.93 bits per heavy atom. The predicted molar refractivity (Wildman–Crippen MR) is 115 cm³/mol. The Kier molecular flexibility index (Phi) is 7.70. The van der Waals surface area contributed by atoms with Crippen LogP contribution in [0.25, 0.3) is 0 Å². The molecule has 0 radical (unpaired) electrons. The fourth-order valence-electron chi connectivity index (χ4n) is 3.32. The van der Waals surface area contributed by atoms with E-state index in [1.807, 2.05) is 36.1 Å². The summed E-state index contributed by atoms with van der Waals surface area (Å²) in [5.41, 5.74) is 8.89. The van der Waals surface area contributed by atoms with Crippen molar-refractivity contribution < 1.29 is 9.59 Å². The number of hydrogen-bond acceptors (Lipinski definition) is 3. The lowest BCUT2D eigenvalue weighted by Crippen LogP contribution is -2.44. The van der Waals surface area contributed by atoms with Crippen molar-refractivity contribution in [2.75, 3.05) is 30.7 Å². The minimum atomic E-state index is -0.224. The monoisotopic (exact) mass is 402 g/mol. The number of halogens is 1. The highest BCUT2D eigenvalue weighted by Gasteiger charge is 2.24. The van der Waals surface area contributed by atoms with Crippen LogP contribution in [0, 0.1) is 12.8 Å². The van der Waals surface area contributed by atoms with Crippen molar-refractivity contribution in [1.82, 2.24) is 10.2 Å². The number of nitrogens with one attached hydrogen (secondary N) is 2. The molecule has 1 aliphatic heterocycles. The van der Waals surface area contributed by atoms with Gasteiger partial charge in [-0.2, -0.15) is 0 Å². The summed E-state index contributed by atoms with van der Waals surface area (Å²) >= 11 is 0. The van der Waals surface area contributed by atoms with Gasteiger partial charge in [0.15, 0.2) is 0 Å². The van der Waals surface area contributed by atoms with Crippen LogP contribution in [0.5, 0.6) is 0 Å². The number of likely N-dealkylation sites (tertiary alicyclic amines) is 1. The first-order chi connectivity index (χ1) is 13.0. The van der Waals surface area contributed by atoms with Crippen molar-refractivity contribution in [3.63, 3.8) is 0 Å². The van der Waals surface area contributed by atoms with E-state index < -0.39 is 0 Å². The lowest BCUT2D eigenvalue weighted by Gasteiger charge is -2.33. The average Bonchev–Trinajstić information content (AvgIpc) is 2.68. The number of carbonyl (C=O) groups excluding carboxylic acids is 2. The first-order valence-electron chi connectivity index (χ1n) is 9.27. The van der Waals surface area contributed by atoms with Gasteiger partial charge in [-0.3, -0.25) is 4.79 Å². The lowest BCUT2D eigenvalue weighted by atomic mass is 9.97. The summed E-state index contributed by atoms with van der Waals surface area (Å²) in [5.74, 6) is 0.239. The van der Waals surface area contributed by atoms with E-state index in [1.54, 1.807) is 24.3 Å². The molecule has 0 bridgehead atoms. The average molecular weight is 403 g/mol. The highest BCUT2D eigenvalue weighted by atomic mass is 35.5. The van der Waals surface area contributed by atoms with Crippen LogP contribution in [0.1, 0.15) is 28.8 Å². The zero-order chi connectivity index (χ0) is 19.2. The van der Waals surface area contributed by atoms with Crippen LogP contribution in [-0.2, 0) is 0 Å². The molecule has 1 unspecified atom stereocenters.